The van der Waals surface area contributed by atoms with Crippen molar-refractivity contribution >= 4 is 32.2 Å². The van der Waals surface area contributed by atoms with E-state index in [2.05, 4.69) is 28.2 Å². The molecule has 0 aliphatic heterocycles. The number of pyridine rings is 2. The van der Waals surface area contributed by atoms with E-state index in [1.54, 1.807) is 6.20 Å². The molecule has 0 fully saturated rings. The summed E-state index contributed by atoms with van der Waals surface area (Å²) in [7, 11) is -4.67. The summed E-state index contributed by atoms with van der Waals surface area (Å²) in [5.74, 6) is 0. The molecule has 0 saturated heterocycles. The van der Waals surface area contributed by atoms with E-state index in [0.717, 1.165) is 21.8 Å². The van der Waals surface area contributed by atoms with Gasteiger partial charge >= 0.3 is 10.4 Å². The Balaban J connectivity index is 0.000000232. The lowest BCUT2D eigenvalue weighted by Gasteiger charge is -2.00. The third-order valence-corrected chi connectivity index (χ3v) is 2.35. The topological polar surface area (TPSA) is 100 Å². The van der Waals surface area contributed by atoms with Crippen LogP contribution in [-0.2, 0) is 10.4 Å². The van der Waals surface area contributed by atoms with Crippen molar-refractivity contribution in [1.29, 1.82) is 0 Å². The molecule has 98 valence electrons. The monoisotopic (exact) mass is 278 g/mol. The van der Waals surface area contributed by atoms with Crippen LogP contribution in [0.1, 0.15) is 0 Å². The van der Waals surface area contributed by atoms with Gasteiger partial charge in [-0.25, -0.2) is 0 Å². The van der Waals surface area contributed by atoms with Crippen molar-refractivity contribution < 1.29 is 17.5 Å². The van der Waals surface area contributed by atoms with Crippen LogP contribution in [0, 0.1) is 0 Å². The summed E-state index contributed by atoms with van der Waals surface area (Å²) in [5.41, 5.74) is 2.02. The van der Waals surface area contributed by atoms with Gasteiger partial charge in [0.25, 0.3) is 0 Å². The Morgan fingerprint density at radius 2 is 1.53 bits per heavy atom. The van der Waals surface area contributed by atoms with Crippen LogP contribution in [0.2, 0.25) is 0 Å². The van der Waals surface area contributed by atoms with Gasteiger partial charge in [-0.2, -0.15) is 8.42 Å². The zero-order valence-electron chi connectivity index (χ0n) is 9.63. The van der Waals surface area contributed by atoms with Crippen molar-refractivity contribution in [2.24, 2.45) is 0 Å². The third-order valence-electron chi connectivity index (χ3n) is 2.35. The van der Waals surface area contributed by atoms with E-state index in [0.29, 0.717) is 0 Å². The molecule has 2 aromatic heterocycles. The Bertz CT molecular complexity index is 755. The minimum atomic E-state index is -4.67. The van der Waals surface area contributed by atoms with Crippen molar-refractivity contribution in [3.63, 3.8) is 0 Å². The van der Waals surface area contributed by atoms with Crippen molar-refractivity contribution in [2.75, 3.05) is 0 Å². The fraction of sp³-hybridized carbons (Fsp3) is 0. The molecule has 0 amide bonds. The predicted octanol–water partition coefficient (Wildman–Crippen LogP) is 2.13. The first-order chi connectivity index (χ1) is 8.95. The first-order valence-electron chi connectivity index (χ1n) is 5.23. The van der Waals surface area contributed by atoms with Gasteiger partial charge in [0, 0.05) is 23.2 Å². The minimum absolute atomic E-state index is 0.999. The summed E-state index contributed by atoms with van der Waals surface area (Å²) in [4.78, 5) is 8.66. The SMILES string of the molecule is O=S(=O)(O)O.c1cnc2c(c1)ccc1ncccc12. The third kappa shape index (κ3) is 3.68. The molecule has 2 heterocycles. The Kier molecular flexibility index (Phi) is 3.70. The number of benzene rings is 1. The number of rotatable bonds is 0. The van der Waals surface area contributed by atoms with Crippen molar-refractivity contribution in [3.8, 4) is 0 Å². The van der Waals surface area contributed by atoms with Gasteiger partial charge in [0.05, 0.1) is 11.0 Å². The Labute approximate surface area is 109 Å². The van der Waals surface area contributed by atoms with E-state index >= 15 is 0 Å². The van der Waals surface area contributed by atoms with E-state index in [4.69, 9.17) is 17.5 Å². The standard InChI is InChI=1S/C12H8N2.H2O4S/c1-3-9-5-6-11-10(4-2-7-13-11)12(9)14-8-1;1-5(2,3)4/h1-8H;(H2,1,2,3,4). The highest BCUT2D eigenvalue weighted by atomic mass is 32.3. The Hall–Kier alpha value is -2.09. The molecule has 0 spiro atoms. The summed E-state index contributed by atoms with van der Waals surface area (Å²) in [5, 5.41) is 2.28. The molecule has 1 aromatic carbocycles. The number of hydrogen-bond acceptors (Lipinski definition) is 4. The molecule has 0 unspecified atom stereocenters. The van der Waals surface area contributed by atoms with Crippen LogP contribution in [0.4, 0.5) is 0 Å². The number of nitrogens with zero attached hydrogens (tertiary/aromatic N) is 2. The van der Waals surface area contributed by atoms with E-state index in [1.807, 2.05) is 24.4 Å². The molecule has 0 aliphatic carbocycles. The highest BCUT2D eigenvalue weighted by Crippen LogP contribution is 2.20. The first kappa shape index (κ1) is 13.3. The molecule has 0 aliphatic rings. The molecule has 7 heteroatoms. The van der Waals surface area contributed by atoms with Crippen LogP contribution in [0.15, 0.2) is 48.8 Å². The van der Waals surface area contributed by atoms with Gasteiger partial charge in [-0.1, -0.05) is 12.1 Å². The van der Waals surface area contributed by atoms with Gasteiger partial charge in [-0.05, 0) is 24.3 Å². The Morgan fingerprint density at radius 1 is 0.895 bits per heavy atom. The van der Waals surface area contributed by atoms with E-state index in [-0.39, 0.29) is 0 Å². The molecule has 0 saturated carbocycles. The van der Waals surface area contributed by atoms with Crippen LogP contribution in [0.5, 0.6) is 0 Å². The molecule has 19 heavy (non-hydrogen) atoms. The molecule has 0 radical (unpaired) electrons. The predicted molar refractivity (Wildman–Crippen MR) is 71.2 cm³/mol. The fourth-order valence-electron chi connectivity index (χ4n) is 1.70. The summed E-state index contributed by atoms with van der Waals surface area (Å²) < 4.78 is 31.6. The second kappa shape index (κ2) is 5.27. The largest absolute Gasteiger partial charge is 0.394 e. The van der Waals surface area contributed by atoms with Crippen molar-refractivity contribution in [3.05, 3.63) is 48.8 Å². The van der Waals surface area contributed by atoms with E-state index in [9.17, 15) is 0 Å². The van der Waals surface area contributed by atoms with Crippen molar-refractivity contribution in [2.45, 2.75) is 0 Å². The van der Waals surface area contributed by atoms with Crippen LogP contribution in [0.25, 0.3) is 21.8 Å². The highest BCUT2D eigenvalue weighted by molar-refractivity contribution is 7.79. The number of aromatic nitrogens is 2. The first-order valence-corrected chi connectivity index (χ1v) is 6.63. The van der Waals surface area contributed by atoms with Gasteiger partial charge in [0.1, 0.15) is 0 Å². The molecule has 3 aromatic rings. The molecular weight excluding hydrogens is 268 g/mol. The number of hydrogen-bond donors (Lipinski definition) is 2. The maximum absolute atomic E-state index is 8.74. The molecular formula is C12H10N2O4S. The molecule has 3 rings (SSSR count). The zero-order chi connectivity index (χ0) is 13.9. The summed E-state index contributed by atoms with van der Waals surface area (Å²) in [6.45, 7) is 0. The van der Waals surface area contributed by atoms with Gasteiger partial charge in [-0.15, -0.1) is 0 Å². The van der Waals surface area contributed by atoms with Crippen LogP contribution in [-0.4, -0.2) is 27.5 Å². The maximum atomic E-state index is 8.74. The lowest BCUT2D eigenvalue weighted by molar-refractivity contribution is 0.381. The van der Waals surface area contributed by atoms with E-state index in [1.165, 1.54) is 0 Å². The molecule has 0 bridgehead atoms. The van der Waals surface area contributed by atoms with Crippen LogP contribution < -0.4 is 0 Å². The van der Waals surface area contributed by atoms with Crippen molar-refractivity contribution in [1.82, 2.24) is 9.97 Å². The lowest BCUT2D eigenvalue weighted by atomic mass is 10.1. The van der Waals surface area contributed by atoms with Gasteiger partial charge < -0.3 is 0 Å². The molecule has 0 atom stereocenters. The van der Waals surface area contributed by atoms with Crippen LogP contribution >= 0.6 is 0 Å². The smallest absolute Gasteiger partial charge is 0.264 e. The molecule has 6 nitrogen and oxygen atoms in total. The summed E-state index contributed by atoms with van der Waals surface area (Å²) in [6.07, 6.45) is 3.62. The lowest BCUT2D eigenvalue weighted by Crippen LogP contribution is -1.89. The zero-order valence-corrected chi connectivity index (χ0v) is 10.4. The summed E-state index contributed by atoms with van der Waals surface area (Å²) in [6, 6.07) is 12.1. The minimum Gasteiger partial charge on any atom is -0.264 e. The van der Waals surface area contributed by atoms with Gasteiger partial charge in [0.2, 0.25) is 0 Å². The average Bonchev–Trinajstić information content (AvgIpc) is 2.37. The average molecular weight is 278 g/mol. The molecule has 2 N–H and O–H groups in total. The normalized spacial score (nSPS) is 11.1. The van der Waals surface area contributed by atoms with Gasteiger partial charge in [-0.3, -0.25) is 19.1 Å². The second-order valence-corrected chi connectivity index (χ2v) is 4.55. The van der Waals surface area contributed by atoms with Gasteiger partial charge in [0.15, 0.2) is 0 Å². The fourth-order valence-corrected chi connectivity index (χ4v) is 1.70. The number of fused-ring (bicyclic) bond motifs is 3. The quantitative estimate of drug-likeness (QED) is 0.482. The summed E-state index contributed by atoms with van der Waals surface area (Å²) >= 11 is 0. The highest BCUT2D eigenvalue weighted by Gasteiger charge is 1.99. The second-order valence-electron chi connectivity index (χ2n) is 3.66. The van der Waals surface area contributed by atoms with Crippen LogP contribution in [0.3, 0.4) is 0 Å². The Morgan fingerprint density at radius 3 is 2.26 bits per heavy atom. The van der Waals surface area contributed by atoms with E-state index < -0.39 is 10.4 Å². The maximum Gasteiger partial charge on any atom is 0.394 e.